The van der Waals surface area contributed by atoms with Gasteiger partial charge in [0.15, 0.2) is 5.82 Å². The normalized spacial score (nSPS) is 10.3. The van der Waals surface area contributed by atoms with E-state index in [-0.39, 0.29) is 0 Å². The van der Waals surface area contributed by atoms with E-state index in [2.05, 4.69) is 35.4 Å². The molecular formula is C15H19N3. The summed E-state index contributed by atoms with van der Waals surface area (Å²) in [6.07, 6.45) is 3.95. The fourth-order valence-electron chi connectivity index (χ4n) is 1.93. The maximum atomic E-state index is 6.03. The lowest BCUT2D eigenvalue weighted by Crippen LogP contribution is -2.02. The number of hydrogen-bond donors (Lipinski definition) is 2. The Hall–Kier alpha value is -2.03. The molecule has 3 nitrogen and oxygen atoms in total. The number of anilines is 3. The van der Waals surface area contributed by atoms with E-state index >= 15 is 0 Å². The van der Waals surface area contributed by atoms with Crippen molar-refractivity contribution in [1.29, 1.82) is 0 Å². The highest BCUT2D eigenvalue weighted by molar-refractivity contribution is 5.72. The van der Waals surface area contributed by atoms with E-state index in [0.717, 1.165) is 29.9 Å². The Kier molecular flexibility index (Phi) is 3.82. The van der Waals surface area contributed by atoms with Crippen LogP contribution in [0.15, 0.2) is 36.5 Å². The van der Waals surface area contributed by atoms with Crippen LogP contribution in [-0.4, -0.2) is 4.98 Å². The van der Waals surface area contributed by atoms with Crippen molar-refractivity contribution in [2.45, 2.75) is 26.7 Å². The average molecular weight is 241 g/mol. The SMILES string of the molecule is CCCc1ccccc1Nc1nccc(C)c1N. The van der Waals surface area contributed by atoms with Gasteiger partial charge in [0.05, 0.1) is 5.69 Å². The molecule has 18 heavy (non-hydrogen) atoms. The second-order valence-electron chi connectivity index (χ2n) is 4.42. The summed E-state index contributed by atoms with van der Waals surface area (Å²) in [6, 6.07) is 10.2. The topological polar surface area (TPSA) is 50.9 Å². The molecule has 0 bridgehead atoms. The fraction of sp³-hybridized carbons (Fsp3) is 0.267. The van der Waals surface area contributed by atoms with Crippen LogP contribution < -0.4 is 11.1 Å². The first-order chi connectivity index (χ1) is 8.72. The molecule has 0 aliphatic rings. The maximum absolute atomic E-state index is 6.03. The molecule has 0 saturated heterocycles. The minimum atomic E-state index is 0.712. The fourth-order valence-corrected chi connectivity index (χ4v) is 1.93. The molecule has 0 saturated carbocycles. The van der Waals surface area contributed by atoms with Gasteiger partial charge in [-0.25, -0.2) is 4.98 Å². The minimum absolute atomic E-state index is 0.712. The summed E-state index contributed by atoms with van der Waals surface area (Å²) in [6.45, 7) is 4.16. The molecule has 1 aromatic heterocycles. The predicted molar refractivity (Wildman–Crippen MR) is 77.1 cm³/mol. The third kappa shape index (κ3) is 2.62. The second-order valence-corrected chi connectivity index (χ2v) is 4.42. The third-order valence-electron chi connectivity index (χ3n) is 3.00. The van der Waals surface area contributed by atoms with Gasteiger partial charge in [0.1, 0.15) is 0 Å². The molecule has 0 fully saturated rings. The van der Waals surface area contributed by atoms with Gasteiger partial charge in [-0.05, 0) is 36.6 Å². The molecule has 2 rings (SSSR count). The summed E-state index contributed by atoms with van der Waals surface area (Å²) >= 11 is 0. The van der Waals surface area contributed by atoms with E-state index in [1.165, 1.54) is 5.56 Å². The zero-order valence-corrected chi connectivity index (χ0v) is 10.9. The van der Waals surface area contributed by atoms with Crippen molar-refractivity contribution in [2.75, 3.05) is 11.1 Å². The van der Waals surface area contributed by atoms with Crippen LogP contribution in [-0.2, 0) is 6.42 Å². The monoisotopic (exact) mass is 241 g/mol. The van der Waals surface area contributed by atoms with Gasteiger partial charge in [-0.1, -0.05) is 31.5 Å². The van der Waals surface area contributed by atoms with Crippen LogP contribution in [0, 0.1) is 6.92 Å². The first-order valence-electron chi connectivity index (χ1n) is 6.28. The van der Waals surface area contributed by atoms with Gasteiger partial charge < -0.3 is 11.1 Å². The van der Waals surface area contributed by atoms with Crippen LogP contribution in [0.2, 0.25) is 0 Å². The average Bonchev–Trinajstić information content (AvgIpc) is 2.37. The number of benzene rings is 1. The molecule has 3 heteroatoms. The van der Waals surface area contributed by atoms with Gasteiger partial charge in [-0.15, -0.1) is 0 Å². The molecule has 0 aliphatic carbocycles. The van der Waals surface area contributed by atoms with Crippen LogP contribution in [0.25, 0.3) is 0 Å². The molecule has 0 radical (unpaired) electrons. The minimum Gasteiger partial charge on any atom is -0.396 e. The highest BCUT2D eigenvalue weighted by atomic mass is 15.0. The number of nitrogen functional groups attached to an aromatic ring is 1. The van der Waals surface area contributed by atoms with Crippen LogP contribution in [0.4, 0.5) is 17.2 Å². The largest absolute Gasteiger partial charge is 0.396 e. The number of aromatic nitrogens is 1. The smallest absolute Gasteiger partial charge is 0.153 e. The Morgan fingerprint density at radius 1 is 1.22 bits per heavy atom. The van der Waals surface area contributed by atoms with Gasteiger partial charge in [0, 0.05) is 11.9 Å². The van der Waals surface area contributed by atoms with Gasteiger partial charge >= 0.3 is 0 Å². The van der Waals surface area contributed by atoms with Crippen molar-refractivity contribution in [2.24, 2.45) is 0 Å². The van der Waals surface area contributed by atoms with Gasteiger partial charge in [0.25, 0.3) is 0 Å². The van der Waals surface area contributed by atoms with Gasteiger partial charge in [-0.3, -0.25) is 0 Å². The number of aryl methyl sites for hydroxylation is 2. The lowest BCUT2D eigenvalue weighted by Gasteiger charge is -2.13. The van der Waals surface area contributed by atoms with E-state index in [1.54, 1.807) is 6.20 Å². The van der Waals surface area contributed by atoms with Crippen LogP contribution >= 0.6 is 0 Å². The summed E-state index contributed by atoms with van der Waals surface area (Å²) in [7, 11) is 0. The Labute approximate surface area is 108 Å². The number of nitrogens with zero attached hydrogens (tertiary/aromatic N) is 1. The van der Waals surface area contributed by atoms with Crippen LogP contribution in [0.5, 0.6) is 0 Å². The predicted octanol–water partition coefficient (Wildman–Crippen LogP) is 3.67. The molecule has 1 heterocycles. The number of nitrogens with two attached hydrogens (primary N) is 1. The summed E-state index contributed by atoms with van der Waals surface area (Å²) in [5.74, 6) is 0.735. The molecule has 0 aliphatic heterocycles. The zero-order chi connectivity index (χ0) is 13.0. The molecular weight excluding hydrogens is 222 g/mol. The Bertz CT molecular complexity index is 535. The molecule has 0 unspecified atom stereocenters. The van der Waals surface area contributed by atoms with Crippen molar-refractivity contribution in [3.63, 3.8) is 0 Å². The lowest BCUT2D eigenvalue weighted by atomic mass is 10.1. The highest BCUT2D eigenvalue weighted by Crippen LogP contribution is 2.25. The number of rotatable bonds is 4. The maximum Gasteiger partial charge on any atom is 0.153 e. The molecule has 3 N–H and O–H groups in total. The summed E-state index contributed by atoms with van der Waals surface area (Å²) in [4.78, 5) is 4.30. The standard InChI is InChI=1S/C15H19N3/c1-3-6-12-7-4-5-8-13(12)18-15-14(16)11(2)9-10-17-15/h4-5,7-10H,3,6,16H2,1-2H3,(H,17,18). The zero-order valence-electron chi connectivity index (χ0n) is 10.9. The highest BCUT2D eigenvalue weighted by Gasteiger charge is 2.06. The van der Waals surface area contributed by atoms with E-state index < -0.39 is 0 Å². The first-order valence-corrected chi connectivity index (χ1v) is 6.28. The third-order valence-corrected chi connectivity index (χ3v) is 3.00. The quantitative estimate of drug-likeness (QED) is 0.858. The van der Waals surface area contributed by atoms with E-state index in [0.29, 0.717) is 5.69 Å². The number of nitrogens with one attached hydrogen (secondary N) is 1. The first kappa shape index (κ1) is 12.4. The van der Waals surface area contributed by atoms with Crippen molar-refractivity contribution >= 4 is 17.2 Å². The van der Waals surface area contributed by atoms with Gasteiger partial charge in [-0.2, -0.15) is 0 Å². The second kappa shape index (κ2) is 5.54. The Balaban J connectivity index is 2.31. The summed E-state index contributed by atoms with van der Waals surface area (Å²) in [5, 5.41) is 3.33. The summed E-state index contributed by atoms with van der Waals surface area (Å²) in [5.41, 5.74) is 10.2. The Morgan fingerprint density at radius 2 is 2.00 bits per heavy atom. The lowest BCUT2D eigenvalue weighted by molar-refractivity contribution is 0.923. The van der Waals surface area contributed by atoms with Crippen LogP contribution in [0.3, 0.4) is 0 Å². The molecule has 0 spiro atoms. The van der Waals surface area contributed by atoms with Crippen molar-refractivity contribution < 1.29 is 0 Å². The molecule has 0 amide bonds. The molecule has 1 aromatic carbocycles. The van der Waals surface area contributed by atoms with E-state index in [1.807, 2.05) is 19.1 Å². The number of hydrogen-bond acceptors (Lipinski definition) is 3. The van der Waals surface area contributed by atoms with Crippen molar-refractivity contribution in [3.05, 3.63) is 47.7 Å². The van der Waals surface area contributed by atoms with E-state index in [9.17, 15) is 0 Å². The van der Waals surface area contributed by atoms with Gasteiger partial charge in [0.2, 0.25) is 0 Å². The number of para-hydroxylation sites is 1. The van der Waals surface area contributed by atoms with Crippen molar-refractivity contribution in [3.8, 4) is 0 Å². The van der Waals surface area contributed by atoms with Crippen LogP contribution in [0.1, 0.15) is 24.5 Å². The molecule has 2 aromatic rings. The molecule has 94 valence electrons. The summed E-state index contributed by atoms with van der Waals surface area (Å²) < 4.78 is 0. The molecule has 0 atom stereocenters. The Morgan fingerprint density at radius 3 is 2.78 bits per heavy atom. The van der Waals surface area contributed by atoms with Crippen molar-refractivity contribution in [1.82, 2.24) is 4.98 Å². The number of pyridine rings is 1. The van der Waals surface area contributed by atoms with E-state index in [4.69, 9.17) is 5.73 Å².